The molecule has 1 aliphatic heterocycles. The Kier molecular flexibility index (Phi) is 5.51. The number of fused-ring (bicyclic) bond motifs is 14. The standard InChI is InChI=1S/C49H32O/c1-48(34-14-3-2-4-15-34)43-28-24-31-13-5-6-16-35(31)47(43)38-26-23-32(29-44(38)48)33-25-27-42-46(30-33)50-45-22-12-11-21-41(45)49(42)39-19-9-7-17-36(39)37-18-8-10-20-40(37)49/h2-30H,1H3. The molecule has 1 spiro atoms. The van der Waals surface area contributed by atoms with Gasteiger partial charge in [0.25, 0.3) is 0 Å². The zero-order valence-electron chi connectivity index (χ0n) is 27.7. The summed E-state index contributed by atoms with van der Waals surface area (Å²) in [6, 6.07) is 64.8. The van der Waals surface area contributed by atoms with E-state index in [0.29, 0.717) is 0 Å². The van der Waals surface area contributed by atoms with Gasteiger partial charge in [0.05, 0.1) is 5.41 Å². The highest BCUT2D eigenvalue weighted by Gasteiger charge is 2.51. The van der Waals surface area contributed by atoms with Crippen molar-refractivity contribution in [3.05, 3.63) is 215 Å². The molecule has 50 heavy (non-hydrogen) atoms. The predicted molar refractivity (Wildman–Crippen MR) is 204 cm³/mol. The molecule has 1 nitrogen and oxygen atoms in total. The first-order valence-electron chi connectivity index (χ1n) is 17.5. The van der Waals surface area contributed by atoms with E-state index in [1.54, 1.807) is 0 Å². The molecule has 0 fully saturated rings. The van der Waals surface area contributed by atoms with Crippen molar-refractivity contribution in [2.45, 2.75) is 17.8 Å². The molecule has 0 saturated heterocycles. The zero-order chi connectivity index (χ0) is 33.0. The van der Waals surface area contributed by atoms with Gasteiger partial charge in [-0.25, -0.2) is 0 Å². The summed E-state index contributed by atoms with van der Waals surface area (Å²) in [5.41, 5.74) is 15.8. The molecule has 1 atom stereocenters. The lowest BCUT2D eigenvalue weighted by Gasteiger charge is -2.39. The van der Waals surface area contributed by atoms with E-state index < -0.39 is 5.41 Å². The fourth-order valence-corrected chi connectivity index (χ4v) is 9.60. The van der Waals surface area contributed by atoms with E-state index in [2.05, 4.69) is 183 Å². The van der Waals surface area contributed by atoms with Crippen LogP contribution in [0.4, 0.5) is 0 Å². The van der Waals surface area contributed by atoms with Gasteiger partial charge in [-0.3, -0.25) is 0 Å². The number of hydrogen-bond donors (Lipinski definition) is 0. The van der Waals surface area contributed by atoms with Crippen LogP contribution in [0.3, 0.4) is 0 Å². The molecule has 8 aromatic carbocycles. The Hall–Kier alpha value is -6.18. The SMILES string of the molecule is CC1(c2ccccc2)c2cc(-c3ccc4c(c3)Oc3ccccc3C43c4ccccc4-c4ccccc43)ccc2-c2c1ccc1ccccc21. The first-order chi connectivity index (χ1) is 24.7. The van der Waals surface area contributed by atoms with Gasteiger partial charge in [-0.2, -0.15) is 0 Å². The van der Waals surface area contributed by atoms with Gasteiger partial charge in [0.2, 0.25) is 0 Å². The minimum absolute atomic E-state index is 0.295. The molecule has 0 saturated carbocycles. The third-order valence-electron chi connectivity index (χ3n) is 11.8. The predicted octanol–water partition coefficient (Wildman–Crippen LogP) is 12.3. The zero-order valence-corrected chi connectivity index (χ0v) is 27.7. The van der Waals surface area contributed by atoms with Gasteiger partial charge in [0, 0.05) is 16.5 Å². The van der Waals surface area contributed by atoms with Crippen LogP contribution in [0.2, 0.25) is 0 Å². The second kappa shape index (κ2) is 9.94. The Labute approximate surface area is 292 Å². The smallest absolute Gasteiger partial charge is 0.132 e. The Morgan fingerprint density at radius 3 is 1.80 bits per heavy atom. The average molecular weight is 637 g/mol. The highest BCUT2D eigenvalue weighted by Crippen LogP contribution is 2.62. The van der Waals surface area contributed by atoms with E-state index in [9.17, 15) is 0 Å². The summed E-state index contributed by atoms with van der Waals surface area (Å²) in [5.74, 6) is 1.82. The number of para-hydroxylation sites is 1. The lowest BCUT2D eigenvalue weighted by Crippen LogP contribution is -2.32. The first-order valence-corrected chi connectivity index (χ1v) is 17.5. The van der Waals surface area contributed by atoms with Crippen LogP contribution in [0.5, 0.6) is 11.5 Å². The molecule has 0 aromatic heterocycles. The summed E-state index contributed by atoms with van der Waals surface area (Å²) in [4.78, 5) is 0. The van der Waals surface area contributed by atoms with Gasteiger partial charge in [-0.1, -0.05) is 158 Å². The van der Waals surface area contributed by atoms with Crippen molar-refractivity contribution in [1.29, 1.82) is 0 Å². The van der Waals surface area contributed by atoms with E-state index in [4.69, 9.17) is 4.74 Å². The molecule has 8 aromatic rings. The maximum atomic E-state index is 6.86. The van der Waals surface area contributed by atoms with Crippen LogP contribution in [0.25, 0.3) is 44.2 Å². The monoisotopic (exact) mass is 636 g/mol. The third-order valence-corrected chi connectivity index (χ3v) is 11.8. The van der Waals surface area contributed by atoms with Crippen molar-refractivity contribution >= 4 is 10.8 Å². The van der Waals surface area contributed by atoms with Crippen LogP contribution in [-0.4, -0.2) is 0 Å². The summed E-state index contributed by atoms with van der Waals surface area (Å²) in [7, 11) is 0. The van der Waals surface area contributed by atoms with Crippen LogP contribution < -0.4 is 4.74 Å². The van der Waals surface area contributed by atoms with Crippen molar-refractivity contribution in [3.8, 4) is 44.9 Å². The normalized spacial score (nSPS) is 16.9. The Morgan fingerprint density at radius 1 is 0.400 bits per heavy atom. The Balaban J connectivity index is 1.13. The van der Waals surface area contributed by atoms with Gasteiger partial charge in [-0.15, -0.1) is 0 Å². The van der Waals surface area contributed by atoms with Gasteiger partial charge < -0.3 is 4.74 Å². The molecule has 0 N–H and O–H groups in total. The van der Waals surface area contributed by atoms with Crippen LogP contribution in [0, 0.1) is 0 Å². The number of benzene rings is 8. The van der Waals surface area contributed by atoms with Crippen LogP contribution >= 0.6 is 0 Å². The van der Waals surface area contributed by atoms with E-state index in [0.717, 1.165) is 17.1 Å². The van der Waals surface area contributed by atoms with E-state index >= 15 is 0 Å². The highest BCUT2D eigenvalue weighted by atomic mass is 16.5. The molecule has 2 aliphatic carbocycles. The quantitative estimate of drug-likeness (QED) is 0.183. The van der Waals surface area contributed by atoms with Crippen molar-refractivity contribution in [2.75, 3.05) is 0 Å². The van der Waals surface area contributed by atoms with Crippen molar-refractivity contribution in [3.63, 3.8) is 0 Å². The molecular weight excluding hydrogens is 605 g/mol. The first kappa shape index (κ1) is 27.7. The maximum Gasteiger partial charge on any atom is 0.132 e. The van der Waals surface area contributed by atoms with E-state index in [-0.39, 0.29) is 5.41 Å². The van der Waals surface area contributed by atoms with Crippen molar-refractivity contribution in [2.24, 2.45) is 0 Å². The second-order valence-corrected chi connectivity index (χ2v) is 14.1. The lowest BCUT2D eigenvalue weighted by molar-refractivity contribution is 0.436. The average Bonchev–Trinajstić information content (AvgIpc) is 3.62. The van der Waals surface area contributed by atoms with Crippen LogP contribution in [0.1, 0.15) is 45.9 Å². The molecule has 0 amide bonds. The largest absolute Gasteiger partial charge is 0.457 e. The van der Waals surface area contributed by atoms with Crippen molar-refractivity contribution < 1.29 is 4.74 Å². The third kappa shape index (κ3) is 3.42. The van der Waals surface area contributed by atoms with Gasteiger partial charge >= 0.3 is 0 Å². The minimum Gasteiger partial charge on any atom is -0.457 e. The summed E-state index contributed by atoms with van der Waals surface area (Å²) in [6.07, 6.45) is 0. The molecular formula is C49H32O. The fourth-order valence-electron chi connectivity index (χ4n) is 9.60. The van der Waals surface area contributed by atoms with Crippen LogP contribution in [-0.2, 0) is 10.8 Å². The van der Waals surface area contributed by atoms with Gasteiger partial charge in [-0.05, 0) is 97.1 Å². The number of hydrogen-bond acceptors (Lipinski definition) is 1. The molecule has 11 rings (SSSR count). The second-order valence-electron chi connectivity index (χ2n) is 14.1. The van der Waals surface area contributed by atoms with Gasteiger partial charge in [0.1, 0.15) is 11.5 Å². The Morgan fingerprint density at radius 2 is 1.00 bits per heavy atom. The molecule has 234 valence electrons. The van der Waals surface area contributed by atoms with Crippen LogP contribution in [0.15, 0.2) is 176 Å². The Bertz CT molecular complexity index is 2660. The molecule has 0 radical (unpaired) electrons. The summed E-state index contributed by atoms with van der Waals surface area (Å²) in [5, 5.41) is 2.58. The minimum atomic E-state index is -0.456. The molecule has 3 aliphatic rings. The molecule has 1 heteroatoms. The van der Waals surface area contributed by atoms with Crippen molar-refractivity contribution in [1.82, 2.24) is 0 Å². The van der Waals surface area contributed by atoms with Gasteiger partial charge in [0.15, 0.2) is 0 Å². The fraction of sp³-hybridized carbons (Fsp3) is 0.0612. The van der Waals surface area contributed by atoms with E-state index in [1.807, 2.05) is 0 Å². The number of ether oxygens (including phenoxy) is 1. The number of rotatable bonds is 2. The molecule has 0 bridgehead atoms. The summed E-state index contributed by atoms with van der Waals surface area (Å²) < 4.78 is 6.86. The molecule has 1 unspecified atom stereocenters. The summed E-state index contributed by atoms with van der Waals surface area (Å²) in [6.45, 7) is 2.40. The molecule has 1 heterocycles. The topological polar surface area (TPSA) is 9.23 Å². The lowest BCUT2D eigenvalue weighted by atomic mass is 9.66. The maximum absolute atomic E-state index is 6.86. The summed E-state index contributed by atoms with van der Waals surface area (Å²) >= 11 is 0. The highest BCUT2D eigenvalue weighted by molar-refractivity contribution is 6.03. The van der Waals surface area contributed by atoms with E-state index in [1.165, 1.54) is 77.5 Å².